The van der Waals surface area contributed by atoms with E-state index < -0.39 is 11.8 Å². The molecule has 1 heterocycles. The number of phenolic OH excluding ortho intramolecular Hbond substituents is 1. The van der Waals surface area contributed by atoms with Gasteiger partial charge in [0, 0.05) is 0 Å². The molecule has 0 spiro atoms. The number of anilines is 2. The first-order valence-corrected chi connectivity index (χ1v) is 7.69. The SMILES string of the molecule is Cc1cccc(N2C(=O)C(Cl)=C(Nc3ccccc3O)C2=O)c1C. The van der Waals surface area contributed by atoms with E-state index in [9.17, 15) is 14.7 Å². The summed E-state index contributed by atoms with van der Waals surface area (Å²) in [7, 11) is 0. The van der Waals surface area contributed by atoms with Crippen molar-refractivity contribution in [1.82, 2.24) is 0 Å². The molecule has 0 aromatic heterocycles. The van der Waals surface area contributed by atoms with E-state index in [1.165, 1.54) is 6.07 Å². The normalized spacial score (nSPS) is 14.5. The number of amides is 2. The van der Waals surface area contributed by atoms with Crippen LogP contribution in [-0.2, 0) is 9.59 Å². The van der Waals surface area contributed by atoms with Crippen molar-refractivity contribution in [3.05, 3.63) is 64.3 Å². The number of aromatic hydroxyl groups is 1. The Hall–Kier alpha value is -2.79. The van der Waals surface area contributed by atoms with Crippen LogP contribution in [-0.4, -0.2) is 16.9 Å². The fraction of sp³-hybridized carbons (Fsp3) is 0.111. The zero-order chi connectivity index (χ0) is 17.4. The summed E-state index contributed by atoms with van der Waals surface area (Å²) in [6.45, 7) is 3.74. The molecule has 0 bridgehead atoms. The van der Waals surface area contributed by atoms with Gasteiger partial charge in [0.1, 0.15) is 16.5 Å². The number of rotatable bonds is 3. The Morgan fingerprint density at radius 1 is 1.00 bits per heavy atom. The van der Waals surface area contributed by atoms with Crippen LogP contribution in [0.5, 0.6) is 5.75 Å². The largest absolute Gasteiger partial charge is 0.506 e. The molecule has 2 amide bonds. The highest BCUT2D eigenvalue weighted by Crippen LogP contribution is 2.34. The van der Waals surface area contributed by atoms with Crippen LogP contribution in [0.25, 0.3) is 0 Å². The minimum absolute atomic E-state index is 0.0418. The minimum Gasteiger partial charge on any atom is -0.506 e. The van der Waals surface area contributed by atoms with E-state index in [0.29, 0.717) is 11.4 Å². The van der Waals surface area contributed by atoms with Gasteiger partial charge in [0.25, 0.3) is 11.8 Å². The summed E-state index contributed by atoms with van der Waals surface area (Å²) in [5.41, 5.74) is 2.54. The van der Waals surface area contributed by atoms with Gasteiger partial charge in [0.2, 0.25) is 0 Å². The third-order valence-corrected chi connectivity index (χ3v) is 4.36. The number of benzene rings is 2. The highest BCUT2D eigenvalue weighted by molar-refractivity contribution is 6.53. The van der Waals surface area contributed by atoms with Crippen molar-refractivity contribution in [1.29, 1.82) is 0 Å². The van der Waals surface area contributed by atoms with E-state index in [1.54, 1.807) is 30.3 Å². The summed E-state index contributed by atoms with van der Waals surface area (Å²) < 4.78 is 0. The number of carbonyl (C=O) groups is 2. The van der Waals surface area contributed by atoms with E-state index in [2.05, 4.69) is 5.32 Å². The Balaban J connectivity index is 1.99. The van der Waals surface area contributed by atoms with Gasteiger partial charge in [-0.15, -0.1) is 0 Å². The number of nitrogens with zero attached hydrogens (tertiary/aromatic N) is 1. The molecule has 3 rings (SSSR count). The van der Waals surface area contributed by atoms with Gasteiger partial charge in [0.15, 0.2) is 0 Å². The number of carbonyl (C=O) groups excluding carboxylic acids is 2. The predicted molar refractivity (Wildman–Crippen MR) is 93.0 cm³/mol. The second kappa shape index (κ2) is 6.02. The molecule has 122 valence electrons. The average Bonchev–Trinajstić information content (AvgIpc) is 2.76. The molecular weight excluding hydrogens is 328 g/mol. The summed E-state index contributed by atoms with van der Waals surface area (Å²) in [5.74, 6) is -1.19. The lowest BCUT2D eigenvalue weighted by atomic mass is 10.1. The van der Waals surface area contributed by atoms with Crippen molar-refractivity contribution < 1.29 is 14.7 Å². The van der Waals surface area contributed by atoms with Crippen molar-refractivity contribution in [2.24, 2.45) is 0 Å². The summed E-state index contributed by atoms with van der Waals surface area (Å²) in [6.07, 6.45) is 0. The first-order valence-electron chi connectivity index (χ1n) is 7.31. The highest BCUT2D eigenvalue weighted by atomic mass is 35.5. The van der Waals surface area contributed by atoms with Crippen LogP contribution in [0.4, 0.5) is 11.4 Å². The molecule has 24 heavy (non-hydrogen) atoms. The molecule has 2 aromatic carbocycles. The third-order valence-electron chi connectivity index (χ3n) is 4.01. The number of nitrogens with one attached hydrogen (secondary N) is 1. The molecule has 1 aliphatic heterocycles. The quantitative estimate of drug-likeness (QED) is 0.662. The van der Waals surface area contributed by atoms with Crippen LogP contribution in [0.15, 0.2) is 53.2 Å². The maximum atomic E-state index is 12.7. The molecule has 0 aliphatic carbocycles. The van der Waals surface area contributed by atoms with Crippen LogP contribution < -0.4 is 10.2 Å². The van der Waals surface area contributed by atoms with Crippen molar-refractivity contribution in [3.63, 3.8) is 0 Å². The number of phenols is 1. The number of hydrogen-bond donors (Lipinski definition) is 2. The summed E-state index contributed by atoms with van der Waals surface area (Å²) in [4.78, 5) is 26.3. The molecule has 0 radical (unpaired) electrons. The van der Waals surface area contributed by atoms with Crippen LogP contribution in [0.2, 0.25) is 0 Å². The number of aryl methyl sites for hydroxylation is 1. The highest BCUT2D eigenvalue weighted by Gasteiger charge is 2.39. The maximum Gasteiger partial charge on any atom is 0.283 e. The minimum atomic E-state index is -0.590. The van der Waals surface area contributed by atoms with E-state index in [4.69, 9.17) is 11.6 Å². The lowest BCUT2D eigenvalue weighted by Crippen LogP contribution is -2.33. The molecule has 0 saturated heterocycles. The molecule has 6 heteroatoms. The van der Waals surface area contributed by atoms with Crippen LogP contribution in [0.3, 0.4) is 0 Å². The third kappa shape index (κ3) is 2.53. The number of hydrogen-bond acceptors (Lipinski definition) is 4. The Kier molecular flexibility index (Phi) is 4.03. The second-order valence-corrected chi connectivity index (χ2v) is 5.87. The van der Waals surface area contributed by atoms with Gasteiger partial charge in [-0.3, -0.25) is 9.59 Å². The molecule has 0 atom stereocenters. The lowest BCUT2D eigenvalue weighted by molar-refractivity contribution is -0.120. The van der Waals surface area contributed by atoms with Gasteiger partial charge in [-0.1, -0.05) is 35.9 Å². The second-order valence-electron chi connectivity index (χ2n) is 5.50. The van der Waals surface area contributed by atoms with Crippen LogP contribution >= 0.6 is 11.6 Å². The Morgan fingerprint density at radius 3 is 2.42 bits per heavy atom. The van der Waals surface area contributed by atoms with Crippen molar-refractivity contribution in [2.45, 2.75) is 13.8 Å². The van der Waals surface area contributed by atoms with Gasteiger partial charge < -0.3 is 10.4 Å². The zero-order valence-corrected chi connectivity index (χ0v) is 13.9. The van der Waals surface area contributed by atoms with E-state index in [0.717, 1.165) is 16.0 Å². The van der Waals surface area contributed by atoms with Crippen molar-refractivity contribution in [2.75, 3.05) is 10.2 Å². The fourth-order valence-corrected chi connectivity index (χ4v) is 2.73. The molecule has 2 N–H and O–H groups in total. The predicted octanol–water partition coefficient (Wildman–Crippen LogP) is 3.44. The number of para-hydroxylation sites is 2. The first-order chi connectivity index (χ1) is 11.4. The maximum absolute atomic E-state index is 12.7. The van der Waals surface area contributed by atoms with Gasteiger partial charge in [0.05, 0.1) is 11.4 Å². The van der Waals surface area contributed by atoms with Gasteiger partial charge >= 0.3 is 0 Å². The fourth-order valence-electron chi connectivity index (χ4n) is 2.52. The van der Waals surface area contributed by atoms with Gasteiger partial charge in [-0.05, 0) is 43.2 Å². The Morgan fingerprint density at radius 2 is 1.71 bits per heavy atom. The summed E-state index contributed by atoms with van der Waals surface area (Å²) >= 11 is 6.09. The summed E-state index contributed by atoms with van der Waals surface area (Å²) in [5, 5.41) is 12.4. The lowest BCUT2D eigenvalue weighted by Gasteiger charge is -2.18. The van der Waals surface area contributed by atoms with Gasteiger partial charge in [-0.25, -0.2) is 4.90 Å². The van der Waals surface area contributed by atoms with Gasteiger partial charge in [-0.2, -0.15) is 0 Å². The van der Waals surface area contributed by atoms with Crippen molar-refractivity contribution >= 4 is 34.8 Å². The van der Waals surface area contributed by atoms with Crippen molar-refractivity contribution in [3.8, 4) is 5.75 Å². The van der Waals surface area contributed by atoms with Crippen LogP contribution in [0.1, 0.15) is 11.1 Å². The monoisotopic (exact) mass is 342 g/mol. The molecule has 5 nitrogen and oxygen atoms in total. The first kappa shape index (κ1) is 16.1. The molecule has 2 aromatic rings. The van der Waals surface area contributed by atoms with E-state index in [-0.39, 0.29) is 16.5 Å². The average molecular weight is 343 g/mol. The Bertz CT molecular complexity index is 890. The molecule has 1 aliphatic rings. The smallest absolute Gasteiger partial charge is 0.283 e. The Labute approximate surface area is 144 Å². The molecule has 0 saturated carbocycles. The standard InChI is InChI=1S/C18H15ClN2O3/c1-10-6-5-8-13(11(10)2)21-17(23)15(19)16(18(21)24)20-12-7-3-4-9-14(12)22/h3-9,20,22H,1-2H3. The number of imide groups is 1. The topological polar surface area (TPSA) is 69.6 Å². The number of halogens is 1. The van der Waals surface area contributed by atoms with E-state index >= 15 is 0 Å². The molecular formula is C18H15ClN2O3. The van der Waals surface area contributed by atoms with E-state index in [1.807, 2.05) is 19.9 Å². The van der Waals surface area contributed by atoms with Crippen LogP contribution in [0, 0.1) is 13.8 Å². The summed E-state index contributed by atoms with van der Waals surface area (Å²) in [6, 6.07) is 11.8. The molecule has 0 fully saturated rings. The molecule has 0 unspecified atom stereocenters. The zero-order valence-electron chi connectivity index (χ0n) is 13.1.